The molecule has 1 saturated heterocycles. The van der Waals surface area contributed by atoms with E-state index >= 15 is 0 Å². The molecule has 2 atom stereocenters. The van der Waals surface area contributed by atoms with Crippen LogP contribution in [0.3, 0.4) is 0 Å². The van der Waals surface area contributed by atoms with E-state index in [9.17, 15) is 0 Å². The molecule has 3 heteroatoms. The zero-order chi connectivity index (χ0) is 8.81. The predicted octanol–water partition coefficient (Wildman–Crippen LogP) is 0.952. The molecule has 1 aliphatic heterocycles. The van der Waals surface area contributed by atoms with E-state index in [1.54, 1.807) is 0 Å². The lowest BCUT2D eigenvalue weighted by molar-refractivity contribution is 0.471. The molecule has 1 aliphatic rings. The van der Waals surface area contributed by atoms with E-state index < -0.39 is 0 Å². The molecule has 1 rings (SSSR count). The number of nitrogens with one attached hydrogen (secondary N) is 1. The zero-order valence-corrected chi connectivity index (χ0v) is 8.86. The maximum Gasteiger partial charge on any atom is 0.0291 e. The Balaban J connectivity index is 2.20. The van der Waals surface area contributed by atoms with Crippen molar-refractivity contribution in [3.8, 4) is 0 Å². The largest absolute Gasteiger partial charge is 0.313 e. The van der Waals surface area contributed by atoms with Gasteiger partial charge >= 0.3 is 0 Å². The van der Waals surface area contributed by atoms with Crippen molar-refractivity contribution in [2.75, 3.05) is 31.1 Å². The Labute approximate surface area is 79.9 Å². The molecular formula is C9H19N2S. The van der Waals surface area contributed by atoms with Gasteiger partial charge in [0.15, 0.2) is 0 Å². The highest BCUT2D eigenvalue weighted by Gasteiger charge is 2.26. The first-order valence-electron chi connectivity index (χ1n) is 4.82. The Morgan fingerprint density at radius 1 is 1.42 bits per heavy atom. The number of thioether (sulfide) groups is 1. The van der Waals surface area contributed by atoms with E-state index in [1.165, 1.54) is 11.5 Å². The van der Waals surface area contributed by atoms with E-state index in [0.717, 1.165) is 25.6 Å². The van der Waals surface area contributed by atoms with Gasteiger partial charge in [0.25, 0.3) is 0 Å². The van der Waals surface area contributed by atoms with Gasteiger partial charge in [-0.15, -0.1) is 0 Å². The van der Waals surface area contributed by atoms with E-state index in [2.05, 4.69) is 24.5 Å². The molecule has 0 aromatic heterocycles. The quantitative estimate of drug-likeness (QED) is 0.693. The topological polar surface area (TPSA) is 26.1 Å². The van der Waals surface area contributed by atoms with Crippen LogP contribution in [0, 0.1) is 5.92 Å². The van der Waals surface area contributed by atoms with Gasteiger partial charge in [0.2, 0.25) is 0 Å². The molecule has 0 aromatic rings. The van der Waals surface area contributed by atoms with Gasteiger partial charge in [-0.25, -0.2) is 5.32 Å². The summed E-state index contributed by atoms with van der Waals surface area (Å²) < 4.78 is 0. The number of nitrogens with zero attached hydrogens (tertiary/aromatic N) is 1. The van der Waals surface area contributed by atoms with Gasteiger partial charge in [-0.2, -0.15) is 11.8 Å². The molecule has 1 fully saturated rings. The Bertz CT molecular complexity index is 119. The van der Waals surface area contributed by atoms with Crippen LogP contribution < -0.4 is 10.6 Å². The number of rotatable bonds is 5. The lowest BCUT2D eigenvalue weighted by atomic mass is 10.1. The Morgan fingerprint density at radius 3 is 2.92 bits per heavy atom. The van der Waals surface area contributed by atoms with Crippen molar-refractivity contribution in [1.29, 1.82) is 0 Å². The Morgan fingerprint density at radius 2 is 2.25 bits per heavy atom. The van der Waals surface area contributed by atoms with Gasteiger partial charge in [0.1, 0.15) is 0 Å². The van der Waals surface area contributed by atoms with Crippen LogP contribution in [0.5, 0.6) is 0 Å². The molecule has 2 nitrogen and oxygen atoms in total. The normalized spacial score (nSPS) is 29.5. The molecule has 0 spiro atoms. The fourth-order valence-corrected chi connectivity index (χ4v) is 2.46. The smallest absolute Gasteiger partial charge is 0.0291 e. The second-order valence-electron chi connectivity index (χ2n) is 3.17. The summed E-state index contributed by atoms with van der Waals surface area (Å²) >= 11 is 2.03. The maximum absolute atomic E-state index is 4.44. The molecule has 0 aromatic carbocycles. The third kappa shape index (κ3) is 2.96. The minimum absolute atomic E-state index is 0.661. The van der Waals surface area contributed by atoms with Crippen molar-refractivity contribution in [2.24, 2.45) is 5.92 Å². The van der Waals surface area contributed by atoms with Crippen molar-refractivity contribution >= 4 is 11.8 Å². The first kappa shape index (κ1) is 10.4. The molecule has 0 aliphatic carbocycles. The second kappa shape index (κ2) is 5.84. The summed E-state index contributed by atoms with van der Waals surface area (Å²) in [5.41, 5.74) is 0. The molecule has 1 radical (unpaired) electrons. The summed E-state index contributed by atoms with van der Waals surface area (Å²) in [6.07, 6.45) is 0. The second-order valence-corrected chi connectivity index (χ2v) is 4.49. The maximum atomic E-state index is 4.44. The van der Waals surface area contributed by atoms with Crippen molar-refractivity contribution < 1.29 is 0 Å². The molecule has 0 amide bonds. The van der Waals surface area contributed by atoms with Crippen molar-refractivity contribution in [1.82, 2.24) is 10.6 Å². The highest BCUT2D eigenvalue weighted by Crippen LogP contribution is 2.16. The third-order valence-electron chi connectivity index (χ3n) is 2.26. The summed E-state index contributed by atoms with van der Waals surface area (Å²) in [6, 6.07) is 0.661. The monoisotopic (exact) mass is 187 g/mol. The molecule has 1 N–H and O–H groups in total. The predicted molar refractivity (Wildman–Crippen MR) is 55.8 cm³/mol. The van der Waals surface area contributed by atoms with Crippen LogP contribution in [0.25, 0.3) is 0 Å². The first-order chi connectivity index (χ1) is 5.88. The highest BCUT2D eigenvalue weighted by molar-refractivity contribution is 7.99. The molecule has 0 saturated carbocycles. The summed E-state index contributed by atoms with van der Waals surface area (Å²) in [5, 5.41) is 7.94. The van der Waals surface area contributed by atoms with Crippen LogP contribution >= 0.6 is 11.8 Å². The van der Waals surface area contributed by atoms with Crippen molar-refractivity contribution in [3.05, 3.63) is 0 Å². The van der Waals surface area contributed by atoms with Crippen LogP contribution in [0.1, 0.15) is 13.8 Å². The van der Waals surface area contributed by atoms with Crippen LogP contribution in [0.2, 0.25) is 0 Å². The van der Waals surface area contributed by atoms with Gasteiger partial charge in [0.05, 0.1) is 0 Å². The summed E-state index contributed by atoms with van der Waals surface area (Å²) in [6.45, 7) is 7.57. The van der Waals surface area contributed by atoms with E-state index in [0.29, 0.717) is 6.04 Å². The average Bonchev–Trinajstić information content (AvgIpc) is 2.50. The molecule has 71 valence electrons. The van der Waals surface area contributed by atoms with Crippen molar-refractivity contribution in [3.63, 3.8) is 0 Å². The zero-order valence-electron chi connectivity index (χ0n) is 8.05. The van der Waals surface area contributed by atoms with E-state index in [-0.39, 0.29) is 0 Å². The Kier molecular flexibility index (Phi) is 5.04. The molecule has 2 unspecified atom stereocenters. The standard InChI is InChI=1S/C9H19N2S/c1-3-11-9-6-10-5-8(9)7-12-4-2/h8-9,11H,3-7H2,1-2H3. The van der Waals surface area contributed by atoms with Crippen LogP contribution in [0.15, 0.2) is 0 Å². The van der Waals surface area contributed by atoms with Crippen LogP contribution in [-0.2, 0) is 0 Å². The Hall–Kier alpha value is 0.270. The van der Waals surface area contributed by atoms with Crippen molar-refractivity contribution in [2.45, 2.75) is 19.9 Å². The molecule has 12 heavy (non-hydrogen) atoms. The number of likely N-dealkylation sites (N-methyl/N-ethyl adjacent to an activating group) is 1. The van der Waals surface area contributed by atoms with Crippen LogP contribution in [0.4, 0.5) is 0 Å². The van der Waals surface area contributed by atoms with E-state index in [1.807, 2.05) is 11.8 Å². The minimum atomic E-state index is 0.661. The minimum Gasteiger partial charge on any atom is -0.313 e. The van der Waals surface area contributed by atoms with Crippen LogP contribution in [-0.4, -0.2) is 37.2 Å². The lowest BCUT2D eigenvalue weighted by Crippen LogP contribution is -2.36. The van der Waals surface area contributed by atoms with Gasteiger partial charge in [-0.1, -0.05) is 13.8 Å². The summed E-state index contributed by atoms with van der Waals surface area (Å²) in [7, 11) is 0. The third-order valence-corrected chi connectivity index (χ3v) is 3.33. The molecule has 0 bridgehead atoms. The SMILES string of the molecule is CCNC1C[N]CC1CSCC. The van der Waals surface area contributed by atoms with Gasteiger partial charge in [0, 0.05) is 19.1 Å². The summed E-state index contributed by atoms with van der Waals surface area (Å²) in [5.74, 6) is 3.29. The molecular weight excluding hydrogens is 168 g/mol. The molecule has 1 heterocycles. The fourth-order valence-electron chi connectivity index (χ4n) is 1.59. The lowest BCUT2D eigenvalue weighted by Gasteiger charge is -2.17. The summed E-state index contributed by atoms with van der Waals surface area (Å²) in [4.78, 5) is 0. The van der Waals surface area contributed by atoms with Gasteiger partial charge < -0.3 is 5.32 Å². The average molecular weight is 187 g/mol. The van der Waals surface area contributed by atoms with E-state index in [4.69, 9.17) is 0 Å². The first-order valence-corrected chi connectivity index (χ1v) is 5.98. The number of hydrogen-bond acceptors (Lipinski definition) is 2. The highest BCUT2D eigenvalue weighted by atomic mass is 32.2. The fraction of sp³-hybridized carbons (Fsp3) is 1.00. The van der Waals surface area contributed by atoms with Gasteiger partial charge in [-0.3, -0.25) is 0 Å². The number of hydrogen-bond donors (Lipinski definition) is 1. The van der Waals surface area contributed by atoms with Gasteiger partial charge in [-0.05, 0) is 24.0 Å².